The van der Waals surface area contributed by atoms with Crippen LogP contribution in [0.1, 0.15) is 131 Å². The van der Waals surface area contributed by atoms with E-state index in [0.717, 1.165) is 101 Å². The van der Waals surface area contributed by atoms with Gasteiger partial charge in [-0.05, 0) is 110 Å². The van der Waals surface area contributed by atoms with Crippen molar-refractivity contribution in [3.8, 4) is 0 Å². The molecule has 2 aliphatic rings. The minimum absolute atomic E-state index is 0.426. The van der Waals surface area contributed by atoms with E-state index in [1.807, 2.05) is 0 Å². The zero-order valence-electron chi connectivity index (χ0n) is 27.3. The highest BCUT2D eigenvalue weighted by molar-refractivity contribution is 6.09. The molecule has 226 valence electrons. The van der Waals surface area contributed by atoms with Crippen LogP contribution in [0.2, 0.25) is 0 Å². The molecule has 0 unspecified atom stereocenters. The fraction of sp³-hybridized carbons (Fsp3) is 0.432. The second kappa shape index (κ2) is 12.4. The molecule has 0 saturated heterocycles. The number of nitrogens with zero attached hydrogens (tertiary/aromatic N) is 3. The Hall–Kier alpha value is -3.93. The number of nitrogens with one attached hydrogen (secondary N) is 1. The Balaban J connectivity index is 2.17. The van der Waals surface area contributed by atoms with Crippen LogP contribution < -0.4 is 5.73 Å². The summed E-state index contributed by atoms with van der Waals surface area (Å²) in [6.45, 7) is 18.2. The topological polar surface area (TPSA) is 89.6 Å². The Morgan fingerprint density at radius 2 is 1.21 bits per heavy atom. The average Bonchev–Trinajstić information content (AvgIpc) is 3.75. The van der Waals surface area contributed by atoms with Gasteiger partial charge >= 0.3 is 0 Å². The van der Waals surface area contributed by atoms with E-state index in [1.165, 1.54) is 27.8 Å². The molecule has 6 nitrogen and oxygen atoms in total. The smallest absolute Gasteiger partial charge is 0.253 e. The molecule has 5 heterocycles. The molecule has 3 aromatic heterocycles. The third-order valence-corrected chi connectivity index (χ3v) is 9.27. The summed E-state index contributed by atoms with van der Waals surface area (Å²) < 4.78 is 2.28. The number of primary amides is 1. The number of rotatable bonds is 9. The number of allylic oxidation sites excluding steroid dienone is 4. The molecule has 43 heavy (non-hydrogen) atoms. The molecule has 3 aromatic rings. The summed E-state index contributed by atoms with van der Waals surface area (Å²) in [6.07, 6.45) is 5.85. The maximum Gasteiger partial charge on any atom is 0.253 e. The molecule has 0 fully saturated rings. The Bertz CT molecular complexity index is 1830. The van der Waals surface area contributed by atoms with Crippen LogP contribution in [0.25, 0.3) is 44.4 Å². The Morgan fingerprint density at radius 3 is 1.74 bits per heavy atom. The quantitative estimate of drug-likeness (QED) is 0.266. The zero-order chi connectivity index (χ0) is 31.0. The third kappa shape index (κ3) is 4.85. The summed E-state index contributed by atoms with van der Waals surface area (Å²) in [7, 11) is 0. The van der Waals surface area contributed by atoms with Gasteiger partial charge in [0.15, 0.2) is 0 Å². The SMILES string of the molecule is CCC1=C(CC)c2nc1cc1ccc(cc3c(CC)c(CC)c(c(C(N)=O)c4nc(c2CC)C(CC)=C4CC)n3CC)[nH]1. The van der Waals surface area contributed by atoms with E-state index in [1.54, 1.807) is 0 Å². The molecule has 3 N–H and O–H groups in total. The van der Waals surface area contributed by atoms with E-state index in [2.05, 4.69) is 89.2 Å². The number of aromatic amines is 1. The van der Waals surface area contributed by atoms with Gasteiger partial charge in [-0.25, -0.2) is 9.97 Å². The number of aryl methyl sites for hydroxylation is 3. The molecule has 0 saturated carbocycles. The van der Waals surface area contributed by atoms with E-state index in [0.29, 0.717) is 12.1 Å². The van der Waals surface area contributed by atoms with Crippen LogP contribution >= 0.6 is 0 Å². The molecular formula is C37H47N5O. The average molecular weight is 578 g/mol. The summed E-state index contributed by atoms with van der Waals surface area (Å²) in [4.78, 5) is 28.0. The van der Waals surface area contributed by atoms with Crippen LogP contribution in [0, 0.1) is 0 Å². The number of H-pyrrole nitrogens is 1. The van der Waals surface area contributed by atoms with Gasteiger partial charge in [-0.1, -0.05) is 48.5 Å². The van der Waals surface area contributed by atoms with Crippen molar-refractivity contribution in [1.29, 1.82) is 0 Å². The van der Waals surface area contributed by atoms with Gasteiger partial charge in [-0.3, -0.25) is 4.79 Å². The highest BCUT2D eigenvalue weighted by Gasteiger charge is 2.30. The van der Waals surface area contributed by atoms with Crippen molar-refractivity contribution < 1.29 is 4.79 Å². The monoisotopic (exact) mass is 577 g/mol. The summed E-state index contributed by atoms with van der Waals surface area (Å²) in [5, 5.41) is 0. The Kier molecular flexibility index (Phi) is 8.77. The first kappa shape index (κ1) is 30.5. The minimum Gasteiger partial charge on any atom is -0.365 e. The number of hydrogen-bond donors (Lipinski definition) is 2. The number of amides is 1. The van der Waals surface area contributed by atoms with E-state index in [9.17, 15) is 4.79 Å². The van der Waals surface area contributed by atoms with Crippen molar-refractivity contribution in [1.82, 2.24) is 19.5 Å². The number of aromatic nitrogens is 4. The van der Waals surface area contributed by atoms with Gasteiger partial charge in [0.25, 0.3) is 5.91 Å². The third-order valence-electron chi connectivity index (χ3n) is 9.27. The summed E-state index contributed by atoms with van der Waals surface area (Å²) >= 11 is 0. The molecule has 8 bridgehead atoms. The van der Waals surface area contributed by atoms with Gasteiger partial charge in [-0.2, -0.15) is 0 Å². The minimum atomic E-state index is -0.426. The van der Waals surface area contributed by atoms with Crippen LogP contribution in [0.4, 0.5) is 0 Å². The van der Waals surface area contributed by atoms with E-state index in [-0.39, 0.29) is 0 Å². The molecule has 5 rings (SSSR count). The molecule has 0 radical (unpaired) electrons. The normalized spacial score (nSPS) is 13.4. The number of carbonyl (C=O) groups excluding carboxylic acids is 1. The van der Waals surface area contributed by atoms with Gasteiger partial charge < -0.3 is 15.3 Å². The van der Waals surface area contributed by atoms with Gasteiger partial charge in [0, 0.05) is 28.7 Å². The van der Waals surface area contributed by atoms with Crippen molar-refractivity contribution in [2.45, 2.75) is 107 Å². The van der Waals surface area contributed by atoms with E-state index < -0.39 is 5.91 Å². The molecule has 6 heteroatoms. The van der Waals surface area contributed by atoms with Crippen molar-refractivity contribution in [3.63, 3.8) is 0 Å². The standard InChI is InChI=1S/C37H47N5O/c1-9-23-25(11-3)33-29(15-7)34-26(12-4)27(13-5)35(41-34)32(37(38)43)36-28(14-6)24(10-2)31(42(36)16-8)20-22-18-17-21(39-22)19-30(23)40-33/h17-20,39H,9-16H2,1-8H3,(H2,38,43). The van der Waals surface area contributed by atoms with Crippen LogP contribution in [-0.2, 0) is 25.8 Å². The molecular weight excluding hydrogens is 530 g/mol. The van der Waals surface area contributed by atoms with E-state index in [4.69, 9.17) is 15.7 Å². The molecule has 0 aliphatic carbocycles. The van der Waals surface area contributed by atoms with Crippen LogP contribution in [0.15, 0.2) is 24.3 Å². The molecule has 1 amide bonds. The van der Waals surface area contributed by atoms with Gasteiger partial charge in [-0.15, -0.1) is 0 Å². The lowest BCUT2D eigenvalue weighted by molar-refractivity contribution is 0.100. The number of carbonyl (C=O) groups is 1. The Morgan fingerprint density at radius 1 is 0.674 bits per heavy atom. The first-order valence-electron chi connectivity index (χ1n) is 16.3. The highest BCUT2D eigenvalue weighted by atomic mass is 16.1. The first-order valence-corrected chi connectivity index (χ1v) is 16.3. The highest BCUT2D eigenvalue weighted by Crippen LogP contribution is 2.43. The number of hydrogen-bond acceptors (Lipinski definition) is 3. The lowest BCUT2D eigenvalue weighted by Gasteiger charge is -2.11. The maximum atomic E-state index is 13.6. The van der Waals surface area contributed by atoms with E-state index >= 15 is 0 Å². The lowest BCUT2D eigenvalue weighted by atomic mass is 9.92. The molecule has 0 aromatic carbocycles. The molecule has 0 spiro atoms. The second-order valence-corrected chi connectivity index (χ2v) is 11.4. The Labute approximate surface area is 256 Å². The van der Waals surface area contributed by atoms with Crippen molar-refractivity contribution >= 4 is 50.3 Å². The van der Waals surface area contributed by atoms with Crippen LogP contribution in [-0.4, -0.2) is 25.4 Å². The predicted octanol–water partition coefficient (Wildman–Crippen LogP) is 9.06. The van der Waals surface area contributed by atoms with Crippen molar-refractivity contribution in [3.05, 3.63) is 69.3 Å². The number of fused-ring (bicyclic) bond motifs is 8. The molecule has 0 atom stereocenters. The van der Waals surface area contributed by atoms with Crippen molar-refractivity contribution in [2.75, 3.05) is 0 Å². The largest absolute Gasteiger partial charge is 0.365 e. The van der Waals surface area contributed by atoms with Crippen LogP contribution in [0.3, 0.4) is 0 Å². The molecule has 2 aliphatic heterocycles. The summed E-state index contributed by atoms with van der Waals surface area (Å²) in [5.41, 5.74) is 23.3. The predicted molar refractivity (Wildman–Crippen MR) is 182 cm³/mol. The first-order chi connectivity index (χ1) is 20.8. The fourth-order valence-electron chi connectivity index (χ4n) is 7.43. The maximum absolute atomic E-state index is 13.6. The zero-order valence-corrected chi connectivity index (χ0v) is 27.3. The summed E-state index contributed by atoms with van der Waals surface area (Å²) in [5.74, 6) is -0.426. The van der Waals surface area contributed by atoms with Gasteiger partial charge in [0.1, 0.15) is 0 Å². The summed E-state index contributed by atoms with van der Waals surface area (Å²) in [6, 6.07) is 8.68. The van der Waals surface area contributed by atoms with Crippen LogP contribution in [0.5, 0.6) is 0 Å². The van der Waals surface area contributed by atoms with Gasteiger partial charge in [0.05, 0.1) is 33.9 Å². The van der Waals surface area contributed by atoms with Crippen molar-refractivity contribution in [2.24, 2.45) is 5.73 Å². The lowest BCUT2D eigenvalue weighted by Crippen LogP contribution is -2.16. The second-order valence-electron chi connectivity index (χ2n) is 11.4. The number of nitrogens with two attached hydrogens (primary N) is 1. The fourth-order valence-corrected chi connectivity index (χ4v) is 7.43. The van der Waals surface area contributed by atoms with Gasteiger partial charge in [0.2, 0.25) is 0 Å².